The van der Waals surface area contributed by atoms with Gasteiger partial charge in [-0.3, -0.25) is 4.79 Å². The van der Waals surface area contributed by atoms with Crippen molar-refractivity contribution >= 4 is 28.5 Å². The van der Waals surface area contributed by atoms with Crippen LogP contribution in [0.2, 0.25) is 5.02 Å². The Hall–Kier alpha value is -3.70. The molecule has 0 radical (unpaired) electrons. The molecule has 4 aromatic rings. The zero-order valence-electron chi connectivity index (χ0n) is 23.0. The molecule has 6 rings (SSSR count). The van der Waals surface area contributed by atoms with Crippen LogP contribution in [-0.4, -0.2) is 40.5 Å². The van der Waals surface area contributed by atoms with Crippen molar-refractivity contribution in [1.29, 1.82) is 0 Å². The number of aromatic nitrogens is 2. The monoisotopic (exact) mass is 551 g/mol. The van der Waals surface area contributed by atoms with Crippen LogP contribution in [0.5, 0.6) is 5.75 Å². The lowest BCUT2D eigenvalue weighted by Crippen LogP contribution is -2.46. The molecule has 40 heavy (non-hydrogen) atoms. The Morgan fingerprint density at radius 3 is 2.55 bits per heavy atom. The fraction of sp³-hybridized carbons (Fsp3) is 0.324. The lowest BCUT2D eigenvalue weighted by atomic mass is 9.74. The summed E-state index contributed by atoms with van der Waals surface area (Å²) < 4.78 is 6.00. The first kappa shape index (κ1) is 26.5. The largest absolute Gasteiger partial charge is 0.492 e. The first-order valence-corrected chi connectivity index (χ1v) is 14.5. The van der Waals surface area contributed by atoms with E-state index in [0.29, 0.717) is 30.3 Å². The number of nitrogens with zero attached hydrogens (tertiary/aromatic N) is 3. The van der Waals surface area contributed by atoms with Crippen LogP contribution in [0.1, 0.15) is 60.6 Å². The third kappa shape index (κ3) is 5.23. The number of aryl methyl sites for hydroxylation is 1. The van der Waals surface area contributed by atoms with Crippen LogP contribution in [0.25, 0.3) is 22.3 Å². The summed E-state index contributed by atoms with van der Waals surface area (Å²) in [4.78, 5) is 25.6. The Bertz CT molecular complexity index is 1570. The summed E-state index contributed by atoms with van der Waals surface area (Å²) in [6, 6.07) is 21.8. The van der Waals surface area contributed by atoms with Crippen LogP contribution >= 0.6 is 11.6 Å². The second-order valence-corrected chi connectivity index (χ2v) is 11.7. The number of benzene rings is 3. The van der Waals surface area contributed by atoms with Crippen molar-refractivity contribution in [2.45, 2.75) is 50.9 Å². The number of carbonyl (C=O) groups is 1. The molecule has 1 amide bonds. The second-order valence-electron chi connectivity index (χ2n) is 11.3. The quantitative estimate of drug-likeness (QED) is 0.174. The number of halogens is 1. The fourth-order valence-electron chi connectivity index (χ4n) is 6.01. The van der Waals surface area contributed by atoms with Crippen molar-refractivity contribution in [1.82, 2.24) is 14.9 Å². The van der Waals surface area contributed by atoms with Crippen molar-refractivity contribution in [3.63, 3.8) is 0 Å². The molecule has 2 aliphatic heterocycles. The molecule has 0 aliphatic carbocycles. The van der Waals surface area contributed by atoms with Crippen LogP contribution in [0, 0.1) is 0 Å². The molecule has 3 aromatic carbocycles. The number of rotatable bonds is 7. The third-order valence-corrected chi connectivity index (χ3v) is 8.59. The van der Waals surface area contributed by atoms with Crippen molar-refractivity contribution in [2.75, 3.05) is 19.7 Å². The van der Waals surface area contributed by atoms with E-state index in [1.807, 2.05) is 59.5 Å². The van der Waals surface area contributed by atoms with E-state index in [1.165, 1.54) is 11.1 Å². The number of fused-ring (bicyclic) bond motifs is 3. The summed E-state index contributed by atoms with van der Waals surface area (Å²) in [5.74, 6) is 1.04. The van der Waals surface area contributed by atoms with Gasteiger partial charge in [0, 0.05) is 40.2 Å². The predicted molar refractivity (Wildman–Crippen MR) is 161 cm³/mol. The first-order chi connectivity index (χ1) is 19.4. The number of carbonyl (C=O) groups excluding carboxylic acids is 1. The third-order valence-electron chi connectivity index (χ3n) is 8.34. The Balaban J connectivity index is 1.24. The molecule has 0 unspecified atom stereocenters. The van der Waals surface area contributed by atoms with Crippen molar-refractivity contribution in [3.05, 3.63) is 101 Å². The zero-order valence-corrected chi connectivity index (χ0v) is 23.7. The van der Waals surface area contributed by atoms with Crippen LogP contribution in [0.4, 0.5) is 0 Å². The molecule has 204 valence electrons. The van der Waals surface area contributed by atoms with Gasteiger partial charge < -0.3 is 9.64 Å². The normalized spacial score (nSPS) is 15.7. The summed E-state index contributed by atoms with van der Waals surface area (Å²) in [5, 5.41) is 0.692. The topological polar surface area (TPSA) is 55.3 Å². The van der Waals surface area contributed by atoms with E-state index >= 15 is 0 Å². The molecule has 3 heterocycles. The summed E-state index contributed by atoms with van der Waals surface area (Å²) >= 11 is 6.15. The molecule has 1 fully saturated rings. The van der Waals surface area contributed by atoms with Gasteiger partial charge in [0.1, 0.15) is 5.75 Å². The van der Waals surface area contributed by atoms with Gasteiger partial charge in [-0.1, -0.05) is 47.5 Å². The zero-order chi connectivity index (χ0) is 27.7. The minimum atomic E-state index is 0.0132. The van der Waals surface area contributed by atoms with E-state index in [9.17, 15) is 4.79 Å². The average Bonchev–Trinajstić information content (AvgIpc) is 3.33. The first-order valence-electron chi connectivity index (χ1n) is 14.1. The number of amides is 1. The molecule has 6 heteroatoms. The highest BCUT2D eigenvalue weighted by Crippen LogP contribution is 2.45. The van der Waals surface area contributed by atoms with Crippen molar-refractivity contribution in [2.24, 2.45) is 0 Å². The highest BCUT2D eigenvalue weighted by atomic mass is 35.5. The Morgan fingerprint density at radius 1 is 1.00 bits per heavy atom. The lowest BCUT2D eigenvalue weighted by Gasteiger charge is -2.38. The molecule has 5 nitrogen and oxygen atoms in total. The van der Waals surface area contributed by atoms with Crippen LogP contribution in [0.15, 0.2) is 78.9 Å². The van der Waals surface area contributed by atoms with Crippen molar-refractivity contribution in [3.8, 4) is 17.0 Å². The molecule has 0 bridgehead atoms. The minimum absolute atomic E-state index is 0.0132. The van der Waals surface area contributed by atoms with E-state index in [0.717, 1.165) is 72.3 Å². The maximum Gasteiger partial charge on any atom is 0.253 e. The highest BCUT2D eigenvalue weighted by molar-refractivity contribution is 6.30. The molecule has 0 saturated carbocycles. The van der Waals surface area contributed by atoms with Crippen LogP contribution < -0.4 is 4.74 Å². The van der Waals surface area contributed by atoms with Gasteiger partial charge in [0.2, 0.25) is 0 Å². The SMILES string of the molecule is C=C(C)CCCCc1nc2cc(C(=O)N3CCC4(CC3)COc3ccccc34)ccc2nc1-c1ccc(Cl)cc1. The highest BCUT2D eigenvalue weighted by Gasteiger charge is 2.43. The van der Waals surface area contributed by atoms with Gasteiger partial charge >= 0.3 is 0 Å². The van der Waals surface area contributed by atoms with Crippen molar-refractivity contribution < 1.29 is 9.53 Å². The lowest BCUT2D eigenvalue weighted by molar-refractivity contribution is 0.0646. The van der Waals surface area contributed by atoms with E-state index in [-0.39, 0.29) is 11.3 Å². The van der Waals surface area contributed by atoms with Gasteiger partial charge in [0.25, 0.3) is 5.91 Å². The number of hydrogen-bond donors (Lipinski definition) is 0. The van der Waals surface area contributed by atoms with E-state index in [4.69, 9.17) is 26.3 Å². The fourth-order valence-corrected chi connectivity index (χ4v) is 6.14. The Morgan fingerprint density at radius 2 is 1.77 bits per heavy atom. The Kier molecular flexibility index (Phi) is 7.33. The van der Waals surface area contributed by atoms with Gasteiger partial charge in [-0.15, -0.1) is 6.58 Å². The Labute approximate surface area is 240 Å². The second kappa shape index (κ2) is 11.1. The van der Waals surface area contributed by atoms with Crippen LogP contribution in [0.3, 0.4) is 0 Å². The van der Waals surface area contributed by atoms with Gasteiger partial charge in [-0.25, -0.2) is 9.97 Å². The number of unbranched alkanes of at least 4 members (excludes halogenated alkanes) is 1. The summed E-state index contributed by atoms with van der Waals surface area (Å²) in [7, 11) is 0. The number of allylic oxidation sites excluding steroid dienone is 1. The number of para-hydroxylation sites is 1. The van der Waals surface area contributed by atoms with E-state index in [1.54, 1.807) is 0 Å². The molecular formula is C34H34ClN3O2. The average molecular weight is 552 g/mol. The molecule has 0 N–H and O–H groups in total. The molecule has 1 saturated heterocycles. The summed E-state index contributed by atoms with van der Waals surface area (Å²) in [5.41, 5.74) is 7.50. The molecule has 1 spiro atoms. The minimum Gasteiger partial charge on any atom is -0.492 e. The number of piperidine rings is 1. The molecule has 0 atom stereocenters. The van der Waals surface area contributed by atoms with E-state index in [2.05, 4.69) is 25.6 Å². The van der Waals surface area contributed by atoms with Gasteiger partial charge in [0.05, 0.1) is 29.0 Å². The molecular weight excluding hydrogens is 518 g/mol. The van der Waals surface area contributed by atoms with Gasteiger partial charge in [0.15, 0.2) is 0 Å². The number of likely N-dealkylation sites (tertiary alicyclic amines) is 1. The predicted octanol–water partition coefficient (Wildman–Crippen LogP) is 7.81. The standard InChI is InChI=1S/C34H34ClN3O2/c1-23(2)7-3-5-9-29-32(24-11-14-26(35)15-12-24)37-28-16-13-25(21-30(28)36-29)33(39)38-19-17-34(18-20-38)22-40-31-10-6-4-8-27(31)34/h4,6,8,10-16,21H,1,3,5,7,9,17-20,22H2,2H3. The summed E-state index contributed by atoms with van der Waals surface area (Å²) in [6.07, 6.45) is 5.67. The molecule has 2 aliphatic rings. The maximum atomic E-state index is 13.6. The van der Waals surface area contributed by atoms with E-state index < -0.39 is 0 Å². The summed E-state index contributed by atoms with van der Waals surface area (Å²) in [6.45, 7) is 8.22. The number of hydrogen-bond acceptors (Lipinski definition) is 4. The van der Waals surface area contributed by atoms with Gasteiger partial charge in [-0.2, -0.15) is 0 Å². The smallest absolute Gasteiger partial charge is 0.253 e. The molecule has 1 aromatic heterocycles. The maximum absolute atomic E-state index is 13.6. The van der Waals surface area contributed by atoms with Gasteiger partial charge in [-0.05, 0) is 81.8 Å². The number of ether oxygens (including phenoxy) is 1. The van der Waals surface area contributed by atoms with Crippen LogP contribution in [-0.2, 0) is 11.8 Å².